The van der Waals surface area contributed by atoms with Crippen LogP contribution < -0.4 is 0 Å². The van der Waals surface area contributed by atoms with E-state index in [1.54, 1.807) is 4.90 Å². The van der Waals surface area contributed by atoms with E-state index in [0.29, 0.717) is 13.1 Å². The predicted molar refractivity (Wildman–Crippen MR) is 51.5 cm³/mol. The van der Waals surface area contributed by atoms with Crippen LogP contribution in [0.5, 0.6) is 0 Å². The minimum atomic E-state index is -4.50. The van der Waals surface area contributed by atoms with Crippen LogP contribution in [0.4, 0.5) is 13.2 Å². The van der Waals surface area contributed by atoms with Crippen LogP contribution in [0.2, 0.25) is 0 Å². The number of rotatable bonds is 2. The lowest BCUT2D eigenvalue weighted by Crippen LogP contribution is -2.47. The molecule has 0 saturated carbocycles. The molecule has 1 atom stereocenters. The van der Waals surface area contributed by atoms with E-state index >= 15 is 0 Å². The van der Waals surface area contributed by atoms with Gasteiger partial charge in [0.25, 0.3) is 0 Å². The zero-order valence-electron chi connectivity index (χ0n) is 9.14. The molecule has 0 aromatic rings. The second-order valence-corrected chi connectivity index (χ2v) is 5.06. The summed E-state index contributed by atoms with van der Waals surface area (Å²) < 4.78 is 36.4. The number of nitrogens with zero attached hydrogens (tertiary/aromatic N) is 1. The summed E-state index contributed by atoms with van der Waals surface area (Å²) in [4.78, 5) is 1.70. The Morgan fingerprint density at radius 1 is 1.40 bits per heavy atom. The Kier molecular flexibility index (Phi) is 3.66. The first-order valence-electron chi connectivity index (χ1n) is 5.18. The van der Waals surface area contributed by atoms with Crippen molar-refractivity contribution in [3.05, 3.63) is 0 Å². The third kappa shape index (κ3) is 3.99. The molecule has 0 aromatic heterocycles. The highest BCUT2D eigenvalue weighted by molar-refractivity contribution is 4.82. The van der Waals surface area contributed by atoms with Crippen LogP contribution in [0.15, 0.2) is 0 Å². The quantitative estimate of drug-likeness (QED) is 0.777. The van der Waals surface area contributed by atoms with Crippen LogP contribution in [0.25, 0.3) is 0 Å². The molecule has 0 amide bonds. The maximum Gasteiger partial charge on any atom is 0.415 e. The number of alkyl halides is 3. The summed E-state index contributed by atoms with van der Waals surface area (Å²) in [5.41, 5.74) is 0.0591. The minimum Gasteiger partial charge on any atom is -0.382 e. The third-order valence-electron chi connectivity index (χ3n) is 2.79. The number of β-amino-alcohol motifs (C(OH)–C–C–N with tert-alkyl or cyclic N) is 1. The van der Waals surface area contributed by atoms with Crippen LogP contribution in [0.3, 0.4) is 0 Å². The fourth-order valence-electron chi connectivity index (χ4n) is 2.05. The van der Waals surface area contributed by atoms with E-state index < -0.39 is 12.3 Å². The number of hydrogen-bond acceptors (Lipinski definition) is 2. The molecule has 1 N–H and O–H groups in total. The average Bonchev–Trinajstić information content (AvgIpc) is 2.00. The summed E-state index contributed by atoms with van der Waals surface area (Å²) >= 11 is 0. The van der Waals surface area contributed by atoms with Gasteiger partial charge >= 0.3 is 6.18 Å². The van der Waals surface area contributed by atoms with E-state index in [0.717, 1.165) is 12.8 Å². The van der Waals surface area contributed by atoms with Crippen LogP contribution in [-0.2, 0) is 0 Å². The lowest BCUT2D eigenvalue weighted by molar-refractivity contribution is -0.209. The smallest absolute Gasteiger partial charge is 0.382 e. The molecule has 1 rings (SSSR count). The van der Waals surface area contributed by atoms with E-state index in [-0.39, 0.29) is 12.0 Å². The Hall–Kier alpha value is -0.290. The van der Waals surface area contributed by atoms with Crippen molar-refractivity contribution in [2.75, 3.05) is 19.6 Å². The summed E-state index contributed by atoms with van der Waals surface area (Å²) in [7, 11) is 0. The number of aliphatic hydroxyl groups is 1. The van der Waals surface area contributed by atoms with E-state index in [1.165, 1.54) is 0 Å². The van der Waals surface area contributed by atoms with Gasteiger partial charge in [0.2, 0.25) is 0 Å². The van der Waals surface area contributed by atoms with Crippen molar-refractivity contribution < 1.29 is 18.3 Å². The normalized spacial score (nSPS) is 25.2. The van der Waals surface area contributed by atoms with Crippen LogP contribution in [0.1, 0.15) is 26.7 Å². The molecule has 0 aliphatic carbocycles. The number of hydrogen-bond donors (Lipinski definition) is 1. The molecule has 0 aromatic carbocycles. The second-order valence-electron chi connectivity index (χ2n) is 5.06. The molecule has 1 aliphatic rings. The van der Waals surface area contributed by atoms with Crippen molar-refractivity contribution in [3.8, 4) is 0 Å². The molecule has 1 heterocycles. The number of piperidine rings is 1. The first kappa shape index (κ1) is 12.8. The van der Waals surface area contributed by atoms with E-state index in [4.69, 9.17) is 5.11 Å². The summed E-state index contributed by atoms with van der Waals surface area (Å²) in [6, 6.07) is 0. The minimum absolute atomic E-state index is 0.0591. The Labute approximate surface area is 88.1 Å². The van der Waals surface area contributed by atoms with Crippen molar-refractivity contribution >= 4 is 0 Å². The predicted octanol–water partition coefficient (Wildman–Crippen LogP) is 2.03. The molecule has 0 bridgehead atoms. The largest absolute Gasteiger partial charge is 0.415 e. The van der Waals surface area contributed by atoms with Gasteiger partial charge in [-0.2, -0.15) is 13.2 Å². The van der Waals surface area contributed by atoms with Gasteiger partial charge in [-0.05, 0) is 24.8 Å². The van der Waals surface area contributed by atoms with Crippen LogP contribution in [0, 0.1) is 5.41 Å². The molecule has 0 radical (unpaired) electrons. The monoisotopic (exact) mass is 225 g/mol. The van der Waals surface area contributed by atoms with Gasteiger partial charge in [0.15, 0.2) is 6.10 Å². The van der Waals surface area contributed by atoms with Crippen molar-refractivity contribution in [1.82, 2.24) is 4.90 Å². The zero-order valence-corrected chi connectivity index (χ0v) is 9.14. The molecular formula is C10H18F3NO. The second kappa shape index (κ2) is 4.29. The molecule has 2 nitrogen and oxygen atoms in total. The van der Waals surface area contributed by atoms with E-state index in [1.807, 2.05) is 13.8 Å². The maximum atomic E-state index is 12.1. The number of halogens is 3. The van der Waals surface area contributed by atoms with Crippen molar-refractivity contribution in [1.29, 1.82) is 0 Å². The fourth-order valence-corrected chi connectivity index (χ4v) is 2.05. The summed E-state index contributed by atoms with van der Waals surface area (Å²) in [5, 5.41) is 8.94. The molecule has 1 saturated heterocycles. The average molecular weight is 225 g/mol. The molecule has 15 heavy (non-hydrogen) atoms. The van der Waals surface area contributed by atoms with Gasteiger partial charge in [0, 0.05) is 13.1 Å². The van der Waals surface area contributed by atoms with Gasteiger partial charge < -0.3 is 5.11 Å². The molecular weight excluding hydrogens is 207 g/mol. The van der Waals surface area contributed by atoms with Gasteiger partial charge in [0.1, 0.15) is 0 Å². The highest BCUT2D eigenvalue weighted by atomic mass is 19.4. The molecule has 0 spiro atoms. The molecule has 5 heteroatoms. The topological polar surface area (TPSA) is 23.5 Å². The van der Waals surface area contributed by atoms with Gasteiger partial charge in [-0.15, -0.1) is 0 Å². The summed E-state index contributed by atoms with van der Waals surface area (Å²) in [6.07, 6.45) is -4.78. The van der Waals surface area contributed by atoms with Crippen molar-refractivity contribution in [2.24, 2.45) is 5.41 Å². The lowest BCUT2D eigenvalue weighted by atomic mass is 9.84. The fraction of sp³-hybridized carbons (Fsp3) is 1.00. The summed E-state index contributed by atoms with van der Waals surface area (Å²) in [6.45, 7) is 5.06. The van der Waals surface area contributed by atoms with E-state index in [2.05, 4.69) is 0 Å². The first-order chi connectivity index (χ1) is 6.71. The molecule has 1 aliphatic heterocycles. The highest BCUT2D eigenvalue weighted by Gasteiger charge is 2.40. The molecule has 1 unspecified atom stereocenters. The van der Waals surface area contributed by atoms with Gasteiger partial charge in [0.05, 0.1) is 0 Å². The number of likely N-dealkylation sites (tertiary alicyclic amines) is 1. The Balaban J connectivity index is 2.45. The Morgan fingerprint density at radius 2 is 2.00 bits per heavy atom. The van der Waals surface area contributed by atoms with Crippen molar-refractivity contribution in [3.63, 3.8) is 0 Å². The first-order valence-corrected chi connectivity index (χ1v) is 5.18. The number of aliphatic hydroxyl groups excluding tert-OH is 1. The lowest BCUT2D eigenvalue weighted by Gasteiger charge is -2.39. The van der Waals surface area contributed by atoms with Crippen LogP contribution >= 0.6 is 0 Å². The molecule has 1 fully saturated rings. The van der Waals surface area contributed by atoms with Gasteiger partial charge in [-0.3, -0.25) is 4.90 Å². The van der Waals surface area contributed by atoms with Crippen molar-refractivity contribution in [2.45, 2.75) is 39.0 Å². The molecule has 90 valence electrons. The van der Waals surface area contributed by atoms with Gasteiger partial charge in [-0.25, -0.2) is 0 Å². The van der Waals surface area contributed by atoms with Gasteiger partial charge in [-0.1, -0.05) is 13.8 Å². The Morgan fingerprint density at radius 3 is 2.47 bits per heavy atom. The SMILES string of the molecule is CC1(C)CCCN(CC(O)C(F)(F)F)C1. The van der Waals surface area contributed by atoms with Crippen LogP contribution in [-0.4, -0.2) is 41.9 Å². The zero-order chi connectivity index (χ0) is 11.7. The Bertz CT molecular complexity index is 215. The summed E-state index contributed by atoms with van der Waals surface area (Å²) in [5.74, 6) is 0. The van der Waals surface area contributed by atoms with E-state index in [9.17, 15) is 13.2 Å². The maximum absolute atomic E-state index is 12.1. The highest BCUT2D eigenvalue weighted by Crippen LogP contribution is 2.29. The standard InChI is InChI=1S/C10H18F3NO/c1-9(2)4-3-5-14(7-9)6-8(15)10(11,12)13/h8,15H,3-7H2,1-2H3. The third-order valence-corrected chi connectivity index (χ3v) is 2.79.